The summed E-state index contributed by atoms with van der Waals surface area (Å²) < 4.78 is 21.8. The van der Waals surface area contributed by atoms with Crippen LogP contribution in [0.15, 0.2) is 12.7 Å². The summed E-state index contributed by atoms with van der Waals surface area (Å²) in [4.78, 5) is 18.6. The molecule has 2 atom stereocenters. The predicted molar refractivity (Wildman–Crippen MR) is 42.1 cm³/mol. The molecule has 0 saturated heterocycles. The molecule has 0 spiro atoms. The van der Waals surface area contributed by atoms with E-state index < -0.39 is 16.5 Å². The Kier molecular flexibility index (Phi) is 20.8. The molecule has 0 amide bonds. The topological polar surface area (TPSA) is 110 Å². The van der Waals surface area contributed by atoms with Crippen LogP contribution in [0, 0.1) is 0 Å². The first kappa shape index (κ1) is 18.1. The van der Waals surface area contributed by atoms with E-state index in [1.807, 2.05) is 0 Å². The second-order valence-corrected chi connectivity index (χ2v) is 2.89. The maximum atomic E-state index is 9.29. The third-order valence-electron chi connectivity index (χ3n) is 0.296. The van der Waals surface area contributed by atoms with Crippen molar-refractivity contribution in [3.8, 4) is 0 Å². The summed E-state index contributed by atoms with van der Waals surface area (Å²) in [5.41, 5.74) is 0. The predicted octanol–water partition coefficient (Wildman–Crippen LogP) is -1.71. The molecule has 0 aliphatic rings. The van der Waals surface area contributed by atoms with Gasteiger partial charge in [0.05, 0.1) is 6.61 Å². The van der Waals surface area contributed by atoms with Gasteiger partial charge in [0.1, 0.15) is 16.5 Å². The van der Waals surface area contributed by atoms with Crippen LogP contribution in [0.5, 0.6) is 0 Å². The van der Waals surface area contributed by atoms with Crippen molar-refractivity contribution < 1.29 is 28.3 Å². The minimum Gasteiger partial charge on any atom is -0.781 e. The third-order valence-corrected chi connectivity index (χ3v) is 1.63. The fourth-order valence-corrected chi connectivity index (χ4v) is 0.612. The first-order chi connectivity index (χ1) is 5.04. The number of hydrogen-bond donors (Lipinski definition) is 1. The van der Waals surface area contributed by atoms with E-state index in [0.717, 1.165) is 0 Å². The smallest absolute Gasteiger partial charge is 0.781 e. The molecule has 0 aromatic carbocycles. The van der Waals surface area contributed by atoms with Crippen molar-refractivity contribution in [2.24, 2.45) is 0 Å². The summed E-state index contributed by atoms with van der Waals surface area (Å²) in [7, 11) is -7.03. The van der Waals surface area contributed by atoms with Gasteiger partial charge in [-0.05, 0) is 0 Å². The fourth-order valence-electron chi connectivity index (χ4n) is 0.0680. The average Bonchev–Trinajstić information content (AvgIpc) is 1.85. The van der Waals surface area contributed by atoms with Gasteiger partial charge in [0.15, 0.2) is 0 Å². The molecule has 0 rings (SSSR count). The largest absolute Gasteiger partial charge is 2.00 e. The van der Waals surface area contributed by atoms with Gasteiger partial charge in [-0.15, -0.1) is 6.58 Å². The van der Waals surface area contributed by atoms with Crippen LogP contribution in [0.1, 0.15) is 0 Å². The maximum absolute atomic E-state index is 9.29. The molecule has 12 heavy (non-hydrogen) atoms. The molecule has 1 N–H and O–H groups in total. The van der Waals surface area contributed by atoms with E-state index in [-0.39, 0.29) is 16.7 Å². The van der Waals surface area contributed by atoms with Crippen LogP contribution >= 0.6 is 16.5 Å². The van der Waals surface area contributed by atoms with Crippen LogP contribution in [0.2, 0.25) is 0 Å². The Morgan fingerprint density at radius 2 is 1.67 bits per heavy atom. The van der Waals surface area contributed by atoms with Crippen LogP contribution in [0.4, 0.5) is 0 Å². The fraction of sp³-hybridized carbons (Fsp3) is 0.333. The Hall–Kier alpha value is 0.209. The summed E-state index contributed by atoms with van der Waals surface area (Å²) in [5.74, 6) is 0. The summed E-state index contributed by atoms with van der Waals surface area (Å²) in [6.07, 6.45) is 1.43. The molecule has 0 aromatic heterocycles. The van der Waals surface area contributed by atoms with Crippen LogP contribution in [0.25, 0.3) is 0 Å². The zero-order valence-corrected chi connectivity index (χ0v) is 8.19. The van der Waals surface area contributed by atoms with E-state index in [0.29, 0.717) is 0 Å². The monoisotopic (exact) mass is 211 g/mol. The van der Waals surface area contributed by atoms with E-state index in [4.69, 9.17) is 5.11 Å². The van der Waals surface area contributed by atoms with Gasteiger partial charge < -0.3 is 24.0 Å². The summed E-state index contributed by atoms with van der Waals surface area (Å²) in [5, 5.41) is 7.76. The molecule has 2 unspecified atom stereocenters. The van der Waals surface area contributed by atoms with E-state index in [1.54, 1.807) is 0 Å². The summed E-state index contributed by atoms with van der Waals surface area (Å²) in [6, 6.07) is 0. The van der Waals surface area contributed by atoms with E-state index in [2.05, 4.69) is 10.9 Å². The zero-order chi connectivity index (χ0) is 9.28. The first-order valence-electron chi connectivity index (χ1n) is 2.36. The van der Waals surface area contributed by atoms with Crippen LogP contribution in [-0.4, -0.2) is 21.8 Å². The van der Waals surface area contributed by atoms with Gasteiger partial charge in [-0.1, -0.05) is 6.08 Å². The van der Waals surface area contributed by atoms with E-state index in [1.165, 1.54) is 6.08 Å². The van der Waals surface area contributed by atoms with Crippen molar-refractivity contribution in [1.82, 2.24) is 0 Å². The third kappa shape index (κ3) is 31.9. The van der Waals surface area contributed by atoms with Gasteiger partial charge in [-0.3, -0.25) is 4.31 Å². The van der Waals surface area contributed by atoms with Crippen LogP contribution in [-0.2, 0) is 13.4 Å². The molecule has 0 fully saturated rings. The molecular formula is C3H8BeO6P2. The van der Waals surface area contributed by atoms with Gasteiger partial charge >= 0.3 is 10.1 Å². The van der Waals surface area contributed by atoms with E-state index >= 15 is 0 Å². The normalized spacial score (nSPS) is 12.9. The zero-order valence-electron chi connectivity index (χ0n) is 6.19. The van der Waals surface area contributed by atoms with Crippen molar-refractivity contribution in [3.05, 3.63) is 12.7 Å². The summed E-state index contributed by atoms with van der Waals surface area (Å²) in [6.45, 7) is 3.31. The molecule has 9 heteroatoms. The Bertz CT molecular complexity index is 138. The Morgan fingerprint density at radius 1 is 1.42 bits per heavy atom. The van der Waals surface area contributed by atoms with Crippen molar-refractivity contribution >= 4 is 26.6 Å². The van der Waals surface area contributed by atoms with Gasteiger partial charge in [-0.25, -0.2) is 0 Å². The Balaban J connectivity index is -0.000000142. The molecule has 0 heterocycles. The molecule has 0 saturated carbocycles. The molecule has 0 bridgehead atoms. The summed E-state index contributed by atoms with van der Waals surface area (Å²) >= 11 is 0. The van der Waals surface area contributed by atoms with Gasteiger partial charge in [0.2, 0.25) is 0 Å². The van der Waals surface area contributed by atoms with Crippen molar-refractivity contribution in [2.45, 2.75) is 0 Å². The molecule has 0 radical (unpaired) electrons. The number of aliphatic hydroxyl groups is 1. The number of aliphatic hydroxyl groups excluding tert-OH is 1. The van der Waals surface area contributed by atoms with Gasteiger partial charge in [0, 0.05) is 0 Å². The standard InChI is InChI=1S/C3H6O.Be.H4O5P2/c1-2-3-4;;1-6(2)5-7(3)4/h2,4H,1,3H2;;6-7H,(H,1,2)(H,3,4)/q;+2;/p-2. The number of hydrogen-bond acceptors (Lipinski definition) is 6. The molecule has 6 nitrogen and oxygen atoms in total. The molecule has 0 aliphatic heterocycles. The van der Waals surface area contributed by atoms with Gasteiger partial charge in [-0.2, -0.15) is 0 Å². The average molecular weight is 211 g/mol. The number of rotatable bonds is 3. The quantitative estimate of drug-likeness (QED) is 0.338. The minimum atomic E-state index is -3.51. The maximum Gasteiger partial charge on any atom is 2.00 e. The molecule has 0 aromatic rings. The van der Waals surface area contributed by atoms with Gasteiger partial charge in [0.25, 0.3) is 0 Å². The Labute approximate surface area is 75.0 Å². The van der Waals surface area contributed by atoms with Crippen LogP contribution in [0.3, 0.4) is 0 Å². The minimum absolute atomic E-state index is 0. The van der Waals surface area contributed by atoms with E-state index in [9.17, 15) is 18.9 Å². The SMILES string of the molecule is C=CCO.O=[PH]([O-])O[PH](=O)[O-].[Be+2]. The molecule has 68 valence electrons. The van der Waals surface area contributed by atoms with Crippen molar-refractivity contribution in [1.29, 1.82) is 0 Å². The van der Waals surface area contributed by atoms with Crippen molar-refractivity contribution in [2.75, 3.05) is 6.61 Å². The first-order valence-corrected chi connectivity index (χ1v) is 4.81. The second-order valence-electron chi connectivity index (χ2n) is 1.07. The van der Waals surface area contributed by atoms with Crippen LogP contribution < -0.4 is 9.79 Å². The van der Waals surface area contributed by atoms with Crippen molar-refractivity contribution in [3.63, 3.8) is 0 Å². The molecular weight excluding hydrogens is 203 g/mol. The molecule has 0 aliphatic carbocycles. The Morgan fingerprint density at radius 3 is 1.67 bits per heavy atom. The second kappa shape index (κ2) is 13.8.